The van der Waals surface area contributed by atoms with Crippen LogP contribution in [-0.2, 0) is 14.3 Å². The van der Waals surface area contributed by atoms with E-state index in [2.05, 4.69) is 6.58 Å². The molecule has 0 rings (SSSR count). The van der Waals surface area contributed by atoms with Crippen molar-refractivity contribution in [1.29, 1.82) is 0 Å². The molecule has 0 fully saturated rings. The van der Waals surface area contributed by atoms with Crippen LogP contribution in [0.15, 0.2) is 12.2 Å². The molecule has 1 atom stereocenters. The zero-order valence-electron chi connectivity index (χ0n) is 8.63. The van der Waals surface area contributed by atoms with Crippen LogP contribution in [0.1, 0.15) is 27.2 Å². The zero-order valence-corrected chi connectivity index (χ0v) is 8.63. The smallest absolute Gasteiger partial charge is 0.305 e. The Morgan fingerprint density at radius 3 is 2.62 bits per heavy atom. The lowest BCUT2D eigenvalue weighted by molar-refractivity contribution is -0.146. The number of carbonyl (C=O) groups is 1. The maximum Gasteiger partial charge on any atom is 0.305 e. The largest absolute Gasteiger partial charge is 0.463 e. The average molecular weight is 186 g/mol. The molecule has 0 spiro atoms. The molecule has 3 heteroatoms. The lowest BCUT2D eigenvalue weighted by Crippen LogP contribution is -2.19. The highest BCUT2D eigenvalue weighted by molar-refractivity contribution is 5.68. The first-order valence-electron chi connectivity index (χ1n) is 4.47. The zero-order chi connectivity index (χ0) is 10.3. The summed E-state index contributed by atoms with van der Waals surface area (Å²) < 4.78 is 10.2. The van der Waals surface area contributed by atoms with Crippen LogP contribution in [0.5, 0.6) is 0 Å². The highest BCUT2D eigenvalue weighted by Crippen LogP contribution is 1.97. The molecule has 76 valence electrons. The van der Waals surface area contributed by atoms with Crippen LogP contribution in [0.2, 0.25) is 0 Å². The van der Waals surface area contributed by atoms with Gasteiger partial charge in [-0.2, -0.15) is 0 Å². The van der Waals surface area contributed by atoms with E-state index in [0.717, 1.165) is 5.57 Å². The van der Waals surface area contributed by atoms with Crippen molar-refractivity contribution in [3.05, 3.63) is 12.2 Å². The second kappa shape index (κ2) is 6.66. The molecule has 0 aromatic heterocycles. The van der Waals surface area contributed by atoms with Crippen molar-refractivity contribution in [2.24, 2.45) is 0 Å². The monoisotopic (exact) mass is 186 g/mol. The third-order valence-corrected chi connectivity index (χ3v) is 1.38. The van der Waals surface area contributed by atoms with Gasteiger partial charge in [-0.15, -0.1) is 0 Å². The van der Waals surface area contributed by atoms with E-state index in [1.54, 1.807) is 6.92 Å². The Morgan fingerprint density at radius 1 is 1.54 bits per heavy atom. The van der Waals surface area contributed by atoms with E-state index in [1.807, 2.05) is 13.8 Å². The fourth-order valence-electron chi connectivity index (χ4n) is 0.645. The second-order valence-electron chi connectivity index (χ2n) is 3.12. The first-order chi connectivity index (χ1) is 6.06. The van der Waals surface area contributed by atoms with Gasteiger partial charge in [0.25, 0.3) is 0 Å². The number of ether oxygens (including phenoxy) is 2. The summed E-state index contributed by atoms with van der Waals surface area (Å²) in [6, 6.07) is 0. The van der Waals surface area contributed by atoms with Crippen molar-refractivity contribution in [3.8, 4) is 0 Å². The fraction of sp³-hybridized carbons (Fsp3) is 0.700. The van der Waals surface area contributed by atoms with E-state index >= 15 is 0 Å². The van der Waals surface area contributed by atoms with E-state index in [-0.39, 0.29) is 12.1 Å². The lowest BCUT2D eigenvalue weighted by atomic mass is 10.3. The van der Waals surface area contributed by atoms with Crippen LogP contribution in [0.4, 0.5) is 0 Å². The summed E-state index contributed by atoms with van der Waals surface area (Å²) in [6.45, 7) is 10.1. The van der Waals surface area contributed by atoms with Crippen molar-refractivity contribution in [3.63, 3.8) is 0 Å². The molecule has 13 heavy (non-hydrogen) atoms. The van der Waals surface area contributed by atoms with Gasteiger partial charge in [-0.05, 0) is 13.8 Å². The molecule has 0 radical (unpaired) electrons. The maximum absolute atomic E-state index is 10.8. The molecular weight excluding hydrogens is 168 g/mol. The lowest BCUT2D eigenvalue weighted by Gasteiger charge is -2.12. The minimum Gasteiger partial charge on any atom is -0.463 e. The molecule has 0 amide bonds. The molecule has 0 bridgehead atoms. The van der Waals surface area contributed by atoms with Crippen molar-refractivity contribution in [1.82, 2.24) is 0 Å². The number of hydrogen-bond acceptors (Lipinski definition) is 3. The minimum absolute atomic E-state index is 0.0628. The Hall–Kier alpha value is -0.830. The topological polar surface area (TPSA) is 35.5 Å². The molecule has 0 N–H and O–H groups in total. The van der Waals surface area contributed by atoms with Gasteiger partial charge >= 0.3 is 5.97 Å². The summed E-state index contributed by atoms with van der Waals surface area (Å²) in [6.07, 6.45) is 0.347. The van der Waals surface area contributed by atoms with Crippen LogP contribution < -0.4 is 0 Å². The van der Waals surface area contributed by atoms with Gasteiger partial charge < -0.3 is 9.47 Å². The standard InChI is InChI=1S/C10H18O3/c1-5-10(11)13-7-9(4)12-6-8(2)3/h9H,2,5-7H2,1,3-4H3. The number of esters is 1. The van der Waals surface area contributed by atoms with Crippen molar-refractivity contribution in [2.45, 2.75) is 33.3 Å². The molecule has 0 aliphatic rings. The predicted octanol–water partition coefficient (Wildman–Crippen LogP) is 1.92. The summed E-state index contributed by atoms with van der Waals surface area (Å²) >= 11 is 0. The molecule has 0 saturated heterocycles. The van der Waals surface area contributed by atoms with Crippen molar-refractivity contribution < 1.29 is 14.3 Å². The molecule has 0 aromatic rings. The van der Waals surface area contributed by atoms with Crippen molar-refractivity contribution >= 4 is 5.97 Å². The SMILES string of the molecule is C=C(C)COC(C)COC(=O)CC. The summed E-state index contributed by atoms with van der Waals surface area (Å²) in [4.78, 5) is 10.8. The van der Waals surface area contributed by atoms with Crippen LogP contribution in [-0.4, -0.2) is 25.3 Å². The highest BCUT2D eigenvalue weighted by atomic mass is 16.6. The Balaban J connectivity index is 3.45. The number of hydrogen-bond donors (Lipinski definition) is 0. The van der Waals surface area contributed by atoms with Crippen LogP contribution in [0.25, 0.3) is 0 Å². The normalized spacial score (nSPS) is 12.2. The van der Waals surface area contributed by atoms with Crippen LogP contribution in [0.3, 0.4) is 0 Å². The first kappa shape index (κ1) is 12.2. The summed E-state index contributed by atoms with van der Waals surface area (Å²) in [5, 5.41) is 0. The molecule has 0 aliphatic carbocycles. The van der Waals surface area contributed by atoms with E-state index < -0.39 is 0 Å². The van der Waals surface area contributed by atoms with Crippen LogP contribution in [0, 0.1) is 0 Å². The van der Waals surface area contributed by atoms with Gasteiger partial charge in [0.05, 0.1) is 12.7 Å². The Kier molecular flexibility index (Phi) is 6.24. The predicted molar refractivity (Wildman–Crippen MR) is 51.5 cm³/mol. The van der Waals surface area contributed by atoms with Crippen LogP contribution >= 0.6 is 0 Å². The first-order valence-corrected chi connectivity index (χ1v) is 4.47. The Morgan fingerprint density at radius 2 is 2.15 bits per heavy atom. The minimum atomic E-state index is -0.189. The molecule has 0 heterocycles. The summed E-state index contributed by atoms with van der Waals surface area (Å²) in [7, 11) is 0. The Bertz CT molecular complexity index is 175. The van der Waals surface area contributed by atoms with E-state index in [0.29, 0.717) is 19.6 Å². The van der Waals surface area contributed by atoms with E-state index in [9.17, 15) is 4.79 Å². The molecule has 3 nitrogen and oxygen atoms in total. The van der Waals surface area contributed by atoms with Gasteiger partial charge in [-0.3, -0.25) is 4.79 Å². The Labute approximate surface area is 79.7 Å². The van der Waals surface area contributed by atoms with Gasteiger partial charge in [-0.25, -0.2) is 0 Å². The van der Waals surface area contributed by atoms with Gasteiger partial charge in [0.1, 0.15) is 6.61 Å². The quantitative estimate of drug-likeness (QED) is 0.469. The third kappa shape index (κ3) is 7.53. The van der Waals surface area contributed by atoms with E-state index in [4.69, 9.17) is 9.47 Å². The molecule has 0 saturated carbocycles. The summed E-state index contributed by atoms with van der Waals surface area (Å²) in [5.74, 6) is -0.189. The molecule has 0 aliphatic heterocycles. The molecule has 0 aromatic carbocycles. The maximum atomic E-state index is 10.8. The molecular formula is C10H18O3. The fourth-order valence-corrected chi connectivity index (χ4v) is 0.645. The number of carbonyl (C=O) groups excluding carboxylic acids is 1. The number of rotatable bonds is 6. The summed E-state index contributed by atoms with van der Waals surface area (Å²) in [5.41, 5.74) is 0.966. The van der Waals surface area contributed by atoms with Gasteiger partial charge in [-0.1, -0.05) is 19.1 Å². The third-order valence-electron chi connectivity index (χ3n) is 1.38. The molecule has 1 unspecified atom stereocenters. The van der Waals surface area contributed by atoms with Gasteiger partial charge in [0, 0.05) is 6.42 Å². The van der Waals surface area contributed by atoms with Crippen molar-refractivity contribution in [2.75, 3.05) is 13.2 Å². The van der Waals surface area contributed by atoms with Gasteiger partial charge in [0.15, 0.2) is 0 Å². The van der Waals surface area contributed by atoms with Gasteiger partial charge in [0.2, 0.25) is 0 Å². The average Bonchev–Trinajstić information content (AvgIpc) is 2.10. The second-order valence-corrected chi connectivity index (χ2v) is 3.12. The van der Waals surface area contributed by atoms with E-state index in [1.165, 1.54) is 0 Å². The highest BCUT2D eigenvalue weighted by Gasteiger charge is 2.05.